The van der Waals surface area contributed by atoms with Crippen LogP contribution < -0.4 is 15.8 Å². The standard InChI is InChI=1S/C30H34N6O7S/c31-30(32)35-15-5-6-20(17-35)18-36(27(39)14-13-26(38)24-9-3-4-10-25(24)33-19-37)28(29(40)41)34-44(42,43)23-12-11-21-7-1-2-8-22(21)16-23/h1-4,7-12,16,19-20,28,34H,5-6,13-15,17-18H2,(H3,31,32)(H,33,37)(H,40,41)/t20?,28-/m0/s1. The molecule has 0 aliphatic carbocycles. The first-order chi connectivity index (χ1) is 21.0. The summed E-state index contributed by atoms with van der Waals surface area (Å²) in [5, 5.41) is 21.8. The van der Waals surface area contributed by atoms with E-state index in [4.69, 9.17) is 11.1 Å². The lowest BCUT2D eigenvalue weighted by Crippen LogP contribution is -2.57. The number of aliphatic carboxylic acids is 1. The monoisotopic (exact) mass is 622 g/mol. The topological polar surface area (TPSA) is 203 Å². The molecule has 44 heavy (non-hydrogen) atoms. The molecule has 2 atom stereocenters. The van der Waals surface area contributed by atoms with Crippen molar-refractivity contribution in [3.63, 3.8) is 0 Å². The molecule has 2 amide bonds. The summed E-state index contributed by atoms with van der Waals surface area (Å²) in [6.45, 7) is 0.642. The number of hydrogen-bond acceptors (Lipinski definition) is 7. The van der Waals surface area contributed by atoms with Crippen LogP contribution >= 0.6 is 0 Å². The predicted octanol–water partition coefficient (Wildman–Crippen LogP) is 2.19. The van der Waals surface area contributed by atoms with Crippen molar-refractivity contribution < 1.29 is 32.7 Å². The van der Waals surface area contributed by atoms with Crippen molar-refractivity contribution >= 4 is 56.5 Å². The molecule has 14 heteroatoms. The van der Waals surface area contributed by atoms with E-state index in [2.05, 4.69) is 10.0 Å². The van der Waals surface area contributed by atoms with Crippen LogP contribution in [0.5, 0.6) is 0 Å². The van der Waals surface area contributed by atoms with Gasteiger partial charge in [0.2, 0.25) is 22.3 Å². The molecule has 0 aromatic heterocycles. The number of carboxylic acid groups (broad SMARTS) is 1. The molecule has 1 aliphatic heterocycles. The number of nitrogens with zero attached hydrogens (tertiary/aromatic N) is 2. The molecule has 1 heterocycles. The third-order valence-electron chi connectivity index (χ3n) is 7.49. The second kappa shape index (κ2) is 14.1. The van der Waals surface area contributed by atoms with Crippen molar-refractivity contribution in [3.05, 3.63) is 72.3 Å². The van der Waals surface area contributed by atoms with Crippen LogP contribution in [0, 0.1) is 11.3 Å². The fourth-order valence-electron chi connectivity index (χ4n) is 5.27. The Morgan fingerprint density at radius 3 is 2.48 bits per heavy atom. The molecule has 1 unspecified atom stereocenters. The number of para-hydroxylation sites is 1. The van der Waals surface area contributed by atoms with Crippen LogP contribution in [0.3, 0.4) is 0 Å². The van der Waals surface area contributed by atoms with Gasteiger partial charge in [-0.1, -0.05) is 42.5 Å². The van der Waals surface area contributed by atoms with Gasteiger partial charge in [0.1, 0.15) is 0 Å². The Kier molecular flexibility index (Phi) is 10.3. The molecule has 232 valence electrons. The molecule has 3 aromatic rings. The first kappa shape index (κ1) is 32.1. The summed E-state index contributed by atoms with van der Waals surface area (Å²) < 4.78 is 29.1. The lowest BCUT2D eigenvalue weighted by atomic mass is 9.97. The number of amides is 2. The Balaban J connectivity index is 1.61. The van der Waals surface area contributed by atoms with Crippen LogP contribution in [0.25, 0.3) is 10.8 Å². The highest BCUT2D eigenvalue weighted by Gasteiger charge is 2.36. The van der Waals surface area contributed by atoms with Crippen molar-refractivity contribution in [2.45, 2.75) is 36.7 Å². The van der Waals surface area contributed by atoms with E-state index >= 15 is 0 Å². The highest BCUT2D eigenvalue weighted by Crippen LogP contribution is 2.23. The van der Waals surface area contributed by atoms with E-state index in [-0.39, 0.29) is 47.5 Å². The number of sulfonamides is 1. The molecule has 1 aliphatic rings. The predicted molar refractivity (Wildman–Crippen MR) is 163 cm³/mol. The van der Waals surface area contributed by atoms with Crippen LogP contribution in [-0.4, -0.2) is 79.2 Å². The number of anilines is 1. The van der Waals surface area contributed by atoms with E-state index in [0.717, 1.165) is 10.3 Å². The molecule has 1 saturated heterocycles. The van der Waals surface area contributed by atoms with Crippen molar-refractivity contribution in [1.29, 1.82) is 5.41 Å². The van der Waals surface area contributed by atoms with Crippen molar-refractivity contribution in [1.82, 2.24) is 14.5 Å². The number of guanidine groups is 1. The van der Waals surface area contributed by atoms with Gasteiger partial charge in [0.15, 0.2) is 17.9 Å². The zero-order valence-electron chi connectivity index (χ0n) is 23.8. The van der Waals surface area contributed by atoms with Gasteiger partial charge in [0.25, 0.3) is 0 Å². The number of benzene rings is 3. The Hall–Kier alpha value is -4.82. The number of Topliss-reactive ketones (excluding diaryl/α,β-unsaturated/α-hetero) is 1. The molecule has 0 bridgehead atoms. The number of fused-ring (bicyclic) bond motifs is 1. The van der Waals surface area contributed by atoms with Gasteiger partial charge in [-0.3, -0.25) is 19.8 Å². The van der Waals surface area contributed by atoms with E-state index in [1.807, 2.05) is 6.07 Å². The van der Waals surface area contributed by atoms with Gasteiger partial charge in [0.05, 0.1) is 10.6 Å². The summed E-state index contributed by atoms with van der Waals surface area (Å²) in [5.41, 5.74) is 6.10. The number of nitrogens with two attached hydrogens (primary N) is 1. The highest BCUT2D eigenvalue weighted by atomic mass is 32.2. The number of rotatable bonds is 13. The maximum Gasteiger partial charge on any atom is 0.342 e. The first-order valence-electron chi connectivity index (χ1n) is 13.9. The Morgan fingerprint density at radius 1 is 1.07 bits per heavy atom. The third kappa shape index (κ3) is 7.76. The molecule has 0 spiro atoms. The number of likely N-dealkylation sites (tertiary alicyclic amines) is 1. The fraction of sp³-hybridized carbons (Fsp3) is 0.300. The van der Waals surface area contributed by atoms with Gasteiger partial charge in [-0.15, -0.1) is 0 Å². The van der Waals surface area contributed by atoms with Gasteiger partial charge in [0, 0.05) is 38.0 Å². The number of piperidine rings is 1. The summed E-state index contributed by atoms with van der Waals surface area (Å²) in [6.07, 6.45) is -1.08. The summed E-state index contributed by atoms with van der Waals surface area (Å²) in [4.78, 5) is 52.5. The van der Waals surface area contributed by atoms with E-state index in [1.165, 1.54) is 24.3 Å². The van der Waals surface area contributed by atoms with Crippen molar-refractivity contribution in [2.75, 3.05) is 25.0 Å². The molecule has 4 rings (SSSR count). The van der Waals surface area contributed by atoms with Crippen LogP contribution in [-0.2, 0) is 24.4 Å². The number of carbonyl (C=O) groups is 4. The Bertz CT molecular complexity index is 1680. The lowest BCUT2D eigenvalue weighted by Gasteiger charge is -2.37. The average molecular weight is 623 g/mol. The van der Waals surface area contributed by atoms with Gasteiger partial charge in [-0.2, -0.15) is 4.72 Å². The second-order valence-electron chi connectivity index (χ2n) is 10.5. The van der Waals surface area contributed by atoms with E-state index in [1.54, 1.807) is 41.3 Å². The summed E-state index contributed by atoms with van der Waals surface area (Å²) >= 11 is 0. The van der Waals surface area contributed by atoms with E-state index < -0.39 is 40.3 Å². The summed E-state index contributed by atoms with van der Waals surface area (Å²) in [6, 6.07) is 17.7. The van der Waals surface area contributed by atoms with Crippen LogP contribution in [0.4, 0.5) is 5.69 Å². The first-order valence-corrected chi connectivity index (χ1v) is 15.4. The number of nitrogens with one attached hydrogen (secondary N) is 3. The van der Waals surface area contributed by atoms with Gasteiger partial charge in [-0.25, -0.2) is 13.2 Å². The van der Waals surface area contributed by atoms with Crippen LogP contribution in [0.1, 0.15) is 36.0 Å². The summed E-state index contributed by atoms with van der Waals surface area (Å²) in [7, 11) is -4.42. The van der Waals surface area contributed by atoms with Crippen molar-refractivity contribution in [3.8, 4) is 0 Å². The number of carbonyl (C=O) groups excluding carboxylic acids is 3. The SMILES string of the molecule is N=C(N)N1CCCC(CN(C(=O)CCC(=O)c2ccccc2NC=O)[C@H](NS(=O)(=O)c2ccc3ccccc3c2)C(=O)O)C1. The zero-order chi connectivity index (χ0) is 31.9. The molecule has 3 aromatic carbocycles. The largest absolute Gasteiger partial charge is 0.479 e. The molecule has 0 radical (unpaired) electrons. The molecular formula is C30H34N6O7S. The zero-order valence-corrected chi connectivity index (χ0v) is 24.6. The molecule has 6 N–H and O–H groups in total. The summed E-state index contributed by atoms with van der Waals surface area (Å²) in [5.74, 6) is -3.31. The van der Waals surface area contributed by atoms with Gasteiger partial charge < -0.3 is 26.0 Å². The third-order valence-corrected chi connectivity index (χ3v) is 8.89. The lowest BCUT2D eigenvalue weighted by molar-refractivity contribution is -0.151. The van der Waals surface area contributed by atoms with Gasteiger partial charge in [-0.05, 0) is 53.8 Å². The molecule has 13 nitrogen and oxygen atoms in total. The minimum atomic E-state index is -4.42. The Labute approximate surface area is 254 Å². The molecule has 0 saturated carbocycles. The molecular weight excluding hydrogens is 588 g/mol. The second-order valence-corrected chi connectivity index (χ2v) is 12.2. The van der Waals surface area contributed by atoms with Gasteiger partial charge >= 0.3 is 5.97 Å². The minimum Gasteiger partial charge on any atom is -0.479 e. The number of carboxylic acids is 1. The normalized spacial score (nSPS) is 15.7. The minimum absolute atomic E-state index is 0.155. The smallest absolute Gasteiger partial charge is 0.342 e. The van der Waals surface area contributed by atoms with E-state index in [9.17, 15) is 32.7 Å². The number of hydrogen-bond donors (Lipinski definition) is 5. The average Bonchev–Trinajstić information content (AvgIpc) is 3.01. The highest BCUT2D eigenvalue weighted by molar-refractivity contribution is 7.89. The maximum atomic E-state index is 13.6. The number of ketones is 1. The van der Waals surface area contributed by atoms with E-state index in [0.29, 0.717) is 31.2 Å². The maximum absolute atomic E-state index is 13.6. The van der Waals surface area contributed by atoms with Crippen LogP contribution in [0.15, 0.2) is 71.6 Å². The van der Waals surface area contributed by atoms with Crippen LogP contribution in [0.2, 0.25) is 0 Å². The Morgan fingerprint density at radius 2 is 1.77 bits per heavy atom. The fourth-order valence-corrected chi connectivity index (χ4v) is 6.46. The quantitative estimate of drug-likeness (QED) is 0.0622. The van der Waals surface area contributed by atoms with Crippen molar-refractivity contribution in [2.24, 2.45) is 11.7 Å². The molecule has 1 fully saturated rings.